The van der Waals surface area contributed by atoms with Gasteiger partial charge in [-0.3, -0.25) is 19.6 Å². The van der Waals surface area contributed by atoms with Crippen LogP contribution in [0.2, 0.25) is 0 Å². The average molecular weight is 326 g/mol. The van der Waals surface area contributed by atoms with E-state index in [1.54, 1.807) is 6.20 Å². The number of hydrogen-bond donors (Lipinski definition) is 1. The Morgan fingerprint density at radius 1 is 1.43 bits per heavy atom. The van der Waals surface area contributed by atoms with Crippen molar-refractivity contribution in [2.75, 3.05) is 19.0 Å². The second-order valence-electron chi connectivity index (χ2n) is 4.45. The van der Waals surface area contributed by atoms with Crippen molar-refractivity contribution in [2.45, 2.75) is 6.54 Å². The predicted octanol–water partition coefficient (Wildman–Crippen LogP) is 1.97. The summed E-state index contributed by atoms with van der Waals surface area (Å²) in [4.78, 5) is 22.0. The zero-order valence-corrected chi connectivity index (χ0v) is 12.0. The number of hydrogen-bond acceptors (Lipinski definition) is 5. The molecule has 0 unspecified atom stereocenters. The Balaban J connectivity index is 2.22. The fourth-order valence-electron chi connectivity index (χ4n) is 1.79. The Bertz CT molecular complexity index is 748. The van der Waals surface area contributed by atoms with Crippen LogP contribution in [0.1, 0.15) is 10.4 Å². The van der Waals surface area contributed by atoms with Gasteiger partial charge in [0.05, 0.1) is 24.1 Å². The first-order valence-corrected chi connectivity index (χ1v) is 6.39. The number of nitro benzene ring substituents is 1. The van der Waals surface area contributed by atoms with Gasteiger partial charge < -0.3 is 10.1 Å². The van der Waals surface area contributed by atoms with Crippen LogP contribution in [-0.2, 0) is 11.3 Å². The number of amides is 1. The van der Waals surface area contributed by atoms with Crippen LogP contribution >= 0.6 is 0 Å². The van der Waals surface area contributed by atoms with Gasteiger partial charge in [0.2, 0.25) is 0 Å². The SMILES string of the molecule is COCCn1ccc(NC(=O)c2cc(F)c(F)cc2[N+](=O)[O-])n1. The first kappa shape index (κ1) is 16.5. The van der Waals surface area contributed by atoms with Gasteiger partial charge in [0.1, 0.15) is 5.56 Å². The maximum atomic E-state index is 13.3. The molecule has 0 radical (unpaired) electrons. The van der Waals surface area contributed by atoms with Gasteiger partial charge in [-0.2, -0.15) is 5.10 Å². The van der Waals surface area contributed by atoms with Crippen LogP contribution < -0.4 is 5.32 Å². The summed E-state index contributed by atoms with van der Waals surface area (Å²) in [6, 6.07) is 2.30. The monoisotopic (exact) mass is 326 g/mol. The smallest absolute Gasteiger partial charge is 0.285 e. The van der Waals surface area contributed by atoms with Crippen LogP contribution in [0.4, 0.5) is 20.3 Å². The first-order valence-electron chi connectivity index (χ1n) is 6.39. The maximum Gasteiger partial charge on any atom is 0.285 e. The van der Waals surface area contributed by atoms with E-state index in [0.29, 0.717) is 25.3 Å². The van der Waals surface area contributed by atoms with E-state index < -0.39 is 33.7 Å². The topological polar surface area (TPSA) is 99.3 Å². The fourth-order valence-corrected chi connectivity index (χ4v) is 1.79. The molecule has 0 fully saturated rings. The lowest BCUT2D eigenvalue weighted by Gasteiger charge is -2.04. The van der Waals surface area contributed by atoms with Crippen molar-refractivity contribution >= 4 is 17.4 Å². The quantitative estimate of drug-likeness (QED) is 0.646. The Labute approximate surface area is 128 Å². The second kappa shape index (κ2) is 6.92. The highest BCUT2D eigenvalue weighted by Crippen LogP contribution is 2.23. The van der Waals surface area contributed by atoms with Gasteiger partial charge in [0.25, 0.3) is 11.6 Å². The standard InChI is InChI=1S/C13H12F2N4O4/c1-23-5-4-18-3-2-12(17-18)16-13(20)8-6-9(14)10(15)7-11(8)19(21)22/h2-3,6-7H,4-5H2,1H3,(H,16,17,20). The van der Waals surface area contributed by atoms with Crippen LogP contribution in [-0.4, -0.2) is 34.3 Å². The molecular weight excluding hydrogens is 314 g/mol. The van der Waals surface area contributed by atoms with Gasteiger partial charge >= 0.3 is 0 Å². The lowest BCUT2D eigenvalue weighted by Crippen LogP contribution is -2.15. The van der Waals surface area contributed by atoms with Gasteiger partial charge in [-0.15, -0.1) is 0 Å². The summed E-state index contributed by atoms with van der Waals surface area (Å²) >= 11 is 0. The molecule has 1 N–H and O–H groups in total. The summed E-state index contributed by atoms with van der Waals surface area (Å²) in [5.74, 6) is -3.61. The molecular formula is C13H12F2N4O4. The molecule has 0 bridgehead atoms. The summed E-state index contributed by atoms with van der Waals surface area (Å²) in [6.45, 7) is 0.849. The van der Waals surface area contributed by atoms with E-state index in [9.17, 15) is 23.7 Å². The van der Waals surface area contributed by atoms with Gasteiger partial charge in [-0.25, -0.2) is 8.78 Å². The van der Waals surface area contributed by atoms with Gasteiger partial charge in [0, 0.05) is 19.4 Å². The number of anilines is 1. The van der Waals surface area contributed by atoms with Crippen molar-refractivity contribution in [3.05, 3.63) is 51.7 Å². The summed E-state index contributed by atoms with van der Waals surface area (Å²) in [6.07, 6.45) is 1.56. The van der Waals surface area contributed by atoms with Gasteiger partial charge in [-0.05, 0) is 6.07 Å². The molecule has 2 aromatic rings. The largest absolute Gasteiger partial charge is 0.383 e. The van der Waals surface area contributed by atoms with Crippen molar-refractivity contribution in [3.8, 4) is 0 Å². The van der Waals surface area contributed by atoms with E-state index in [2.05, 4.69) is 10.4 Å². The van der Waals surface area contributed by atoms with E-state index in [-0.39, 0.29) is 5.82 Å². The summed E-state index contributed by atoms with van der Waals surface area (Å²) < 4.78 is 32.7. The molecule has 0 saturated heterocycles. The van der Waals surface area contributed by atoms with Crippen LogP contribution in [0.25, 0.3) is 0 Å². The molecule has 0 saturated carbocycles. The third kappa shape index (κ3) is 3.86. The highest BCUT2D eigenvalue weighted by Gasteiger charge is 2.24. The van der Waals surface area contributed by atoms with Crippen molar-refractivity contribution < 1.29 is 23.2 Å². The summed E-state index contributed by atoms with van der Waals surface area (Å²) in [5, 5.41) is 17.2. The van der Waals surface area contributed by atoms with Crippen molar-refractivity contribution in [1.29, 1.82) is 0 Å². The number of halogens is 2. The molecule has 23 heavy (non-hydrogen) atoms. The number of rotatable bonds is 6. The second-order valence-corrected chi connectivity index (χ2v) is 4.45. The molecule has 0 aliphatic heterocycles. The number of aromatic nitrogens is 2. The molecule has 1 aromatic carbocycles. The molecule has 1 aromatic heterocycles. The Hall–Kier alpha value is -2.88. The minimum absolute atomic E-state index is 0.116. The molecule has 1 heterocycles. The molecule has 122 valence electrons. The van der Waals surface area contributed by atoms with E-state index >= 15 is 0 Å². The highest BCUT2D eigenvalue weighted by molar-refractivity contribution is 6.06. The summed E-state index contributed by atoms with van der Waals surface area (Å²) in [5.41, 5.74) is -1.43. The Morgan fingerprint density at radius 2 is 2.13 bits per heavy atom. The van der Waals surface area contributed by atoms with E-state index in [0.717, 1.165) is 0 Å². The molecule has 8 nitrogen and oxygen atoms in total. The van der Waals surface area contributed by atoms with Gasteiger partial charge in [-0.1, -0.05) is 0 Å². The fraction of sp³-hybridized carbons (Fsp3) is 0.231. The van der Waals surface area contributed by atoms with Crippen LogP contribution in [0, 0.1) is 21.7 Å². The zero-order valence-electron chi connectivity index (χ0n) is 12.0. The van der Waals surface area contributed by atoms with Crippen molar-refractivity contribution in [1.82, 2.24) is 9.78 Å². The number of methoxy groups -OCH3 is 1. The van der Waals surface area contributed by atoms with Crippen LogP contribution in [0.5, 0.6) is 0 Å². The maximum absolute atomic E-state index is 13.3. The minimum atomic E-state index is -1.41. The van der Waals surface area contributed by atoms with E-state index in [1.807, 2.05) is 0 Å². The molecule has 0 aliphatic rings. The van der Waals surface area contributed by atoms with Crippen LogP contribution in [0.3, 0.4) is 0 Å². The number of carbonyl (C=O) groups excluding carboxylic acids is 1. The first-order chi connectivity index (χ1) is 10.9. The molecule has 2 rings (SSSR count). The predicted molar refractivity (Wildman–Crippen MR) is 75.1 cm³/mol. The minimum Gasteiger partial charge on any atom is -0.383 e. The molecule has 0 spiro atoms. The number of carbonyl (C=O) groups is 1. The van der Waals surface area contributed by atoms with Crippen molar-refractivity contribution in [3.63, 3.8) is 0 Å². The van der Waals surface area contributed by atoms with E-state index in [4.69, 9.17) is 4.74 Å². The lowest BCUT2D eigenvalue weighted by molar-refractivity contribution is -0.385. The zero-order chi connectivity index (χ0) is 17.0. The number of nitrogens with zero attached hydrogens (tertiary/aromatic N) is 3. The normalized spacial score (nSPS) is 10.6. The number of ether oxygens (including phenoxy) is 1. The molecule has 1 amide bonds. The highest BCUT2D eigenvalue weighted by atomic mass is 19.2. The van der Waals surface area contributed by atoms with Crippen molar-refractivity contribution in [2.24, 2.45) is 0 Å². The average Bonchev–Trinajstić information content (AvgIpc) is 2.94. The molecule has 0 aliphatic carbocycles. The molecule has 10 heteroatoms. The Morgan fingerprint density at radius 3 is 2.78 bits per heavy atom. The summed E-state index contributed by atoms with van der Waals surface area (Å²) in [7, 11) is 1.52. The van der Waals surface area contributed by atoms with Crippen LogP contribution in [0.15, 0.2) is 24.4 Å². The van der Waals surface area contributed by atoms with Gasteiger partial charge in [0.15, 0.2) is 17.5 Å². The number of benzene rings is 1. The molecule has 0 atom stereocenters. The third-order valence-corrected chi connectivity index (χ3v) is 2.89. The number of nitro groups is 1. The third-order valence-electron chi connectivity index (χ3n) is 2.89. The van der Waals surface area contributed by atoms with E-state index in [1.165, 1.54) is 17.9 Å². The Kier molecular flexibility index (Phi) is 4.96. The number of nitrogens with one attached hydrogen (secondary N) is 1. The lowest BCUT2D eigenvalue weighted by atomic mass is 10.1.